The van der Waals surface area contributed by atoms with Crippen LogP contribution in [-0.2, 0) is 28.5 Å². The van der Waals surface area contributed by atoms with Gasteiger partial charge in [-0.25, -0.2) is 19.2 Å². The molecular formula is C38H34N2O10. The summed E-state index contributed by atoms with van der Waals surface area (Å²) < 4.78 is 28.7. The van der Waals surface area contributed by atoms with Gasteiger partial charge in [0.25, 0.3) is 0 Å². The average Bonchev–Trinajstić information content (AvgIpc) is 3.46. The van der Waals surface area contributed by atoms with Gasteiger partial charge in [0.1, 0.15) is 24.6 Å². The lowest BCUT2D eigenvalue weighted by Gasteiger charge is -2.24. The standard InChI is InChI=1S/C38H34N2O10/c1-2-46-38(45)32(40-39-28-21-13-6-14-22-28)29(41)23-30-33(49-36(43)26-17-9-4-10-18-26)34(50-37(44)27-19-11-5-12-20-27)31(48-30)24-47-35(42)25-15-7-3-8-16-25/h3-22,30-31,33-34,41H,2,23-24H2,1H3/b32-29+,40-39?/t30-,31+,33-,34+/m0/s1. The zero-order valence-electron chi connectivity index (χ0n) is 27.0. The number of esters is 4. The lowest BCUT2D eigenvalue weighted by molar-refractivity contribution is -0.138. The highest BCUT2D eigenvalue weighted by Gasteiger charge is 2.51. The minimum Gasteiger partial charge on any atom is -0.510 e. The molecule has 0 unspecified atom stereocenters. The van der Waals surface area contributed by atoms with Gasteiger partial charge in [-0.3, -0.25) is 0 Å². The molecule has 50 heavy (non-hydrogen) atoms. The van der Waals surface area contributed by atoms with Crippen molar-refractivity contribution in [2.24, 2.45) is 10.2 Å². The molecule has 0 spiro atoms. The summed E-state index contributed by atoms with van der Waals surface area (Å²) in [6, 6.07) is 33.0. The molecule has 0 aliphatic carbocycles. The first-order valence-corrected chi connectivity index (χ1v) is 15.8. The normalized spacial score (nSPS) is 18.9. The third-order valence-corrected chi connectivity index (χ3v) is 7.46. The number of nitrogens with zero attached hydrogens (tertiary/aromatic N) is 2. The van der Waals surface area contributed by atoms with E-state index in [1.54, 1.807) is 116 Å². The van der Waals surface area contributed by atoms with E-state index in [1.165, 1.54) is 12.1 Å². The van der Waals surface area contributed by atoms with E-state index >= 15 is 0 Å². The van der Waals surface area contributed by atoms with Gasteiger partial charge < -0.3 is 28.8 Å². The van der Waals surface area contributed by atoms with Crippen molar-refractivity contribution in [1.29, 1.82) is 0 Å². The maximum Gasteiger partial charge on any atom is 0.362 e. The van der Waals surface area contributed by atoms with Crippen LogP contribution < -0.4 is 0 Å². The molecular weight excluding hydrogens is 644 g/mol. The van der Waals surface area contributed by atoms with Gasteiger partial charge in [0.05, 0.1) is 29.0 Å². The minimum absolute atomic E-state index is 0.0138. The van der Waals surface area contributed by atoms with Crippen molar-refractivity contribution in [3.63, 3.8) is 0 Å². The number of aliphatic hydroxyl groups excluding tert-OH is 1. The monoisotopic (exact) mass is 678 g/mol. The first kappa shape index (κ1) is 35.2. The molecule has 1 aliphatic heterocycles. The summed E-state index contributed by atoms with van der Waals surface area (Å²) in [7, 11) is 0. The Balaban J connectivity index is 1.50. The highest BCUT2D eigenvalue weighted by atomic mass is 16.7. The second-order valence-corrected chi connectivity index (χ2v) is 10.9. The predicted molar refractivity (Wildman–Crippen MR) is 179 cm³/mol. The highest BCUT2D eigenvalue weighted by Crippen LogP contribution is 2.33. The van der Waals surface area contributed by atoms with Crippen molar-refractivity contribution in [2.75, 3.05) is 13.2 Å². The molecule has 1 fully saturated rings. The van der Waals surface area contributed by atoms with Crippen LogP contribution in [0, 0.1) is 0 Å². The first-order valence-electron chi connectivity index (χ1n) is 15.8. The fourth-order valence-electron chi connectivity index (χ4n) is 5.04. The van der Waals surface area contributed by atoms with Crippen LogP contribution in [0.15, 0.2) is 143 Å². The SMILES string of the molecule is CCOC(=O)/C(N=Nc1ccccc1)=C(\O)C[C@@H]1O[C@H](COC(=O)c2ccccc2)[C@@H](OC(=O)c2ccccc2)[C@H]1OC(=O)c1ccccc1. The van der Waals surface area contributed by atoms with Gasteiger partial charge in [-0.2, -0.15) is 5.11 Å². The Hall–Kier alpha value is -6.14. The van der Waals surface area contributed by atoms with Gasteiger partial charge in [0.15, 0.2) is 12.2 Å². The molecule has 1 aliphatic rings. The van der Waals surface area contributed by atoms with E-state index < -0.39 is 72.8 Å². The molecule has 0 bridgehead atoms. The summed E-state index contributed by atoms with van der Waals surface area (Å²) in [5.41, 5.74) is 0.571. The molecule has 1 heterocycles. The van der Waals surface area contributed by atoms with Crippen LogP contribution in [0.2, 0.25) is 0 Å². The van der Waals surface area contributed by atoms with Gasteiger partial charge in [-0.15, -0.1) is 5.11 Å². The van der Waals surface area contributed by atoms with Crippen molar-refractivity contribution < 1.29 is 48.0 Å². The average molecular weight is 679 g/mol. The number of benzene rings is 4. The van der Waals surface area contributed by atoms with E-state index in [9.17, 15) is 24.3 Å². The van der Waals surface area contributed by atoms with Gasteiger partial charge >= 0.3 is 23.9 Å². The highest BCUT2D eigenvalue weighted by molar-refractivity contribution is 5.91. The number of azo groups is 1. The molecule has 0 radical (unpaired) electrons. The number of ether oxygens (including phenoxy) is 5. The van der Waals surface area contributed by atoms with Crippen LogP contribution in [0.4, 0.5) is 5.69 Å². The van der Waals surface area contributed by atoms with E-state index in [1.807, 2.05) is 0 Å². The topological polar surface area (TPSA) is 159 Å². The molecule has 4 atom stereocenters. The van der Waals surface area contributed by atoms with Crippen LogP contribution in [0.3, 0.4) is 0 Å². The molecule has 12 heteroatoms. The molecule has 4 aromatic carbocycles. The van der Waals surface area contributed by atoms with Crippen LogP contribution >= 0.6 is 0 Å². The second-order valence-electron chi connectivity index (χ2n) is 10.9. The zero-order chi connectivity index (χ0) is 35.3. The van der Waals surface area contributed by atoms with E-state index in [4.69, 9.17) is 23.7 Å². The molecule has 4 aromatic rings. The Morgan fingerprint density at radius 1 is 0.640 bits per heavy atom. The summed E-state index contributed by atoms with van der Waals surface area (Å²) in [6.45, 7) is 1.16. The summed E-state index contributed by atoms with van der Waals surface area (Å²) in [5, 5.41) is 19.3. The van der Waals surface area contributed by atoms with Crippen molar-refractivity contribution in [3.8, 4) is 0 Å². The minimum atomic E-state index is -1.35. The maximum atomic E-state index is 13.4. The lowest BCUT2D eigenvalue weighted by Crippen LogP contribution is -2.42. The molecule has 1 saturated heterocycles. The predicted octanol–water partition coefficient (Wildman–Crippen LogP) is 6.57. The molecule has 0 saturated carbocycles. The Morgan fingerprint density at radius 3 is 1.60 bits per heavy atom. The number of hydrogen-bond acceptors (Lipinski definition) is 12. The lowest BCUT2D eigenvalue weighted by atomic mass is 10.0. The molecule has 12 nitrogen and oxygen atoms in total. The number of aliphatic hydroxyl groups is 1. The number of hydrogen-bond donors (Lipinski definition) is 1. The van der Waals surface area contributed by atoms with E-state index in [0.29, 0.717) is 5.69 Å². The summed E-state index contributed by atoms with van der Waals surface area (Å²) in [4.78, 5) is 52.5. The Bertz CT molecular complexity index is 1820. The number of carbonyl (C=O) groups is 4. The van der Waals surface area contributed by atoms with Crippen LogP contribution in [-0.4, -0.2) is 66.6 Å². The van der Waals surface area contributed by atoms with Gasteiger partial charge in [-0.1, -0.05) is 72.8 Å². The molecule has 5 rings (SSSR count). The van der Waals surface area contributed by atoms with Crippen molar-refractivity contribution >= 4 is 29.6 Å². The molecule has 0 amide bonds. The van der Waals surface area contributed by atoms with Gasteiger partial charge in [0.2, 0.25) is 5.70 Å². The van der Waals surface area contributed by atoms with Crippen molar-refractivity contribution in [3.05, 3.63) is 149 Å². The Labute approximate surface area is 287 Å². The maximum absolute atomic E-state index is 13.4. The molecule has 256 valence electrons. The third-order valence-electron chi connectivity index (χ3n) is 7.46. The van der Waals surface area contributed by atoms with Gasteiger partial charge in [-0.05, 0) is 55.5 Å². The van der Waals surface area contributed by atoms with Crippen LogP contribution in [0.25, 0.3) is 0 Å². The van der Waals surface area contributed by atoms with Crippen LogP contribution in [0.1, 0.15) is 44.4 Å². The second kappa shape index (κ2) is 17.3. The van der Waals surface area contributed by atoms with E-state index in [0.717, 1.165) is 0 Å². The first-order chi connectivity index (χ1) is 24.3. The van der Waals surface area contributed by atoms with E-state index in [2.05, 4.69) is 10.2 Å². The summed E-state index contributed by atoms with van der Waals surface area (Å²) >= 11 is 0. The molecule has 0 aromatic heterocycles. The molecule has 1 N–H and O–H groups in total. The third kappa shape index (κ3) is 9.26. The van der Waals surface area contributed by atoms with Gasteiger partial charge in [0, 0.05) is 6.42 Å². The smallest absolute Gasteiger partial charge is 0.362 e. The fraction of sp³-hybridized carbons (Fsp3) is 0.211. The van der Waals surface area contributed by atoms with Crippen LogP contribution in [0.5, 0.6) is 0 Å². The van der Waals surface area contributed by atoms with E-state index in [-0.39, 0.29) is 23.3 Å². The summed E-state index contributed by atoms with van der Waals surface area (Å²) in [5.74, 6) is -3.75. The Kier molecular flexibility index (Phi) is 12.2. The summed E-state index contributed by atoms with van der Waals surface area (Å²) in [6.07, 6.45) is -5.54. The van der Waals surface area contributed by atoms with Crippen molar-refractivity contribution in [2.45, 2.75) is 37.8 Å². The fourth-order valence-corrected chi connectivity index (χ4v) is 5.04. The quantitative estimate of drug-likeness (QED) is 0.0539. The number of rotatable bonds is 13. The zero-order valence-corrected chi connectivity index (χ0v) is 27.0. The largest absolute Gasteiger partial charge is 0.510 e. The number of carbonyl (C=O) groups excluding carboxylic acids is 4. The van der Waals surface area contributed by atoms with Crippen molar-refractivity contribution in [1.82, 2.24) is 0 Å². The Morgan fingerprint density at radius 2 is 1.10 bits per heavy atom.